The lowest BCUT2D eigenvalue weighted by Crippen LogP contribution is -2.58. The third-order valence-corrected chi connectivity index (χ3v) is 12.1. The van der Waals surface area contributed by atoms with E-state index in [-0.39, 0.29) is 47.8 Å². The fourth-order valence-corrected chi connectivity index (χ4v) is 9.82. The van der Waals surface area contributed by atoms with Gasteiger partial charge in [0.05, 0.1) is 38.0 Å². The van der Waals surface area contributed by atoms with Crippen LogP contribution in [0.3, 0.4) is 0 Å². The van der Waals surface area contributed by atoms with Gasteiger partial charge < -0.3 is 14.6 Å². The van der Waals surface area contributed by atoms with Crippen molar-refractivity contribution in [1.29, 1.82) is 0 Å². The molecular formula is C41H35NO7S. The molecule has 0 bridgehead atoms. The number of carbonyl (C=O) groups is 4. The van der Waals surface area contributed by atoms with Gasteiger partial charge in [-0.05, 0) is 47.4 Å². The average Bonchev–Trinajstić information content (AvgIpc) is 3.75. The fourth-order valence-electron chi connectivity index (χ4n) is 9.13. The van der Waals surface area contributed by atoms with Gasteiger partial charge in [-0.25, -0.2) is 0 Å². The molecule has 0 radical (unpaired) electrons. The third-order valence-electron chi connectivity index (χ3n) is 11.2. The van der Waals surface area contributed by atoms with E-state index >= 15 is 9.59 Å². The number of carbonyl (C=O) groups excluding carboxylic acids is 4. The molecule has 1 aromatic heterocycles. The summed E-state index contributed by atoms with van der Waals surface area (Å²) in [6, 6.07) is 25.3. The second-order valence-electron chi connectivity index (χ2n) is 13.4. The van der Waals surface area contributed by atoms with Crippen molar-refractivity contribution in [2.45, 2.75) is 30.7 Å². The van der Waals surface area contributed by atoms with Crippen LogP contribution >= 0.6 is 11.3 Å². The van der Waals surface area contributed by atoms with Crippen LogP contribution in [-0.4, -0.2) is 47.6 Å². The molecule has 2 heterocycles. The number of aromatic hydroxyl groups is 1. The Bertz CT molecular complexity index is 2090. The molecule has 1 N–H and O–H groups in total. The molecule has 50 heavy (non-hydrogen) atoms. The van der Waals surface area contributed by atoms with E-state index in [9.17, 15) is 14.7 Å². The van der Waals surface area contributed by atoms with E-state index in [4.69, 9.17) is 9.47 Å². The van der Waals surface area contributed by atoms with Gasteiger partial charge in [0.15, 0.2) is 11.6 Å². The Balaban J connectivity index is 1.38. The number of rotatable bonds is 7. The minimum absolute atomic E-state index is 0.157. The van der Waals surface area contributed by atoms with Crippen molar-refractivity contribution in [3.05, 3.63) is 130 Å². The molecular weight excluding hydrogens is 651 g/mol. The van der Waals surface area contributed by atoms with Crippen LogP contribution in [0.5, 0.6) is 17.2 Å². The van der Waals surface area contributed by atoms with Gasteiger partial charge in [-0.3, -0.25) is 24.1 Å². The van der Waals surface area contributed by atoms with Crippen molar-refractivity contribution >= 4 is 40.3 Å². The van der Waals surface area contributed by atoms with Crippen LogP contribution in [0.4, 0.5) is 0 Å². The number of Topliss-reactive ketones (excluding diaryl/α,β-unsaturated/α-hetero) is 1. The highest BCUT2D eigenvalue weighted by Gasteiger charge is 2.66. The van der Waals surface area contributed by atoms with E-state index in [0.717, 1.165) is 10.5 Å². The highest BCUT2D eigenvalue weighted by molar-refractivity contribution is 7.09. The molecule has 4 aliphatic rings. The first kappa shape index (κ1) is 32.0. The number of ketones is 2. The average molecular weight is 686 g/mol. The first-order valence-corrected chi connectivity index (χ1v) is 17.6. The van der Waals surface area contributed by atoms with Gasteiger partial charge in [0.1, 0.15) is 17.2 Å². The van der Waals surface area contributed by atoms with E-state index in [1.165, 1.54) is 42.6 Å². The van der Waals surface area contributed by atoms with Crippen molar-refractivity contribution in [2.75, 3.05) is 14.2 Å². The Kier molecular flexibility index (Phi) is 7.83. The van der Waals surface area contributed by atoms with Crippen LogP contribution < -0.4 is 9.47 Å². The van der Waals surface area contributed by atoms with E-state index in [1.54, 1.807) is 6.07 Å². The number of allylic oxidation sites excluding steroid dienone is 4. The molecule has 3 aromatic carbocycles. The zero-order valence-corrected chi connectivity index (χ0v) is 28.4. The first-order valence-electron chi connectivity index (χ1n) is 16.7. The molecule has 2 fully saturated rings. The summed E-state index contributed by atoms with van der Waals surface area (Å²) in [4.78, 5) is 60.9. The standard InChI is InChI=1S/C41H35NO7S/c1-48-25-18-32(43)36(33(19-25)49-2)37-27-15-16-28-35(40(47)42(39(28)46)22-26-14-9-17-50-26)30(27)20-31-38(45)29(23-10-5-3-6-11-23)21-34(44)41(31,37)24-12-7-4-8-13-24/h3-15,17-19,21,28,30-31,35,37,43H,16,20,22H2,1-2H3. The van der Waals surface area contributed by atoms with Gasteiger partial charge in [0.25, 0.3) is 0 Å². The van der Waals surface area contributed by atoms with E-state index in [0.29, 0.717) is 34.4 Å². The lowest BCUT2D eigenvalue weighted by molar-refractivity contribution is -0.141. The van der Waals surface area contributed by atoms with E-state index in [1.807, 2.05) is 84.3 Å². The molecule has 1 saturated carbocycles. The molecule has 3 aliphatic carbocycles. The molecule has 2 amide bonds. The van der Waals surface area contributed by atoms with E-state index in [2.05, 4.69) is 0 Å². The minimum atomic E-state index is -1.49. The summed E-state index contributed by atoms with van der Waals surface area (Å²) < 4.78 is 11.4. The van der Waals surface area contributed by atoms with Gasteiger partial charge >= 0.3 is 0 Å². The van der Waals surface area contributed by atoms with Gasteiger partial charge in [0, 0.05) is 40.0 Å². The summed E-state index contributed by atoms with van der Waals surface area (Å²) in [5, 5.41) is 13.8. The smallest absolute Gasteiger partial charge is 0.234 e. The second kappa shape index (κ2) is 12.2. The molecule has 8 nitrogen and oxygen atoms in total. The van der Waals surface area contributed by atoms with Crippen LogP contribution in [0.1, 0.15) is 40.3 Å². The summed E-state index contributed by atoms with van der Waals surface area (Å²) in [7, 11) is 2.97. The maximum absolute atomic E-state index is 15.2. The number of hydrogen-bond acceptors (Lipinski definition) is 8. The number of hydrogen-bond donors (Lipinski definition) is 1. The van der Waals surface area contributed by atoms with E-state index < -0.39 is 35.0 Å². The quantitative estimate of drug-likeness (QED) is 0.175. The van der Waals surface area contributed by atoms with Crippen LogP contribution in [0.25, 0.3) is 5.57 Å². The van der Waals surface area contributed by atoms with Gasteiger partial charge in [0.2, 0.25) is 11.8 Å². The summed E-state index contributed by atoms with van der Waals surface area (Å²) in [5.41, 5.74) is 1.16. The normalized spacial score (nSPS) is 27.2. The van der Waals surface area contributed by atoms with Crippen LogP contribution in [0, 0.1) is 23.7 Å². The summed E-state index contributed by atoms with van der Waals surface area (Å²) >= 11 is 1.49. The molecule has 0 spiro atoms. The lowest BCUT2D eigenvalue weighted by Gasteiger charge is -2.55. The van der Waals surface area contributed by atoms with Crippen LogP contribution in [-0.2, 0) is 31.1 Å². The van der Waals surface area contributed by atoms with Gasteiger partial charge in [-0.1, -0.05) is 78.4 Å². The number of benzene rings is 3. The Hall–Kier alpha value is -5.28. The number of phenols is 1. The Morgan fingerprint density at radius 3 is 2.30 bits per heavy atom. The molecule has 8 rings (SSSR count). The maximum Gasteiger partial charge on any atom is 0.234 e. The molecule has 6 atom stereocenters. The number of ether oxygens (including phenoxy) is 2. The molecule has 6 unspecified atom stereocenters. The second-order valence-corrected chi connectivity index (χ2v) is 14.4. The van der Waals surface area contributed by atoms with Crippen molar-refractivity contribution in [1.82, 2.24) is 4.90 Å². The largest absolute Gasteiger partial charge is 0.507 e. The lowest BCUT2D eigenvalue weighted by atomic mass is 9.44. The maximum atomic E-state index is 15.2. The number of nitrogens with zero attached hydrogens (tertiary/aromatic N) is 1. The summed E-state index contributed by atoms with van der Waals surface area (Å²) in [5.74, 6) is -4.20. The molecule has 1 aliphatic heterocycles. The topological polar surface area (TPSA) is 110 Å². The number of thiophene rings is 1. The summed E-state index contributed by atoms with van der Waals surface area (Å²) in [6.07, 6.45) is 3.91. The Labute approximate surface area is 293 Å². The summed E-state index contributed by atoms with van der Waals surface area (Å²) in [6.45, 7) is 0.191. The molecule has 1 saturated heterocycles. The van der Waals surface area contributed by atoms with Crippen molar-refractivity contribution < 1.29 is 33.8 Å². The number of phenolic OH excluding ortho intramolecular Hbond substituents is 1. The predicted molar refractivity (Wildman–Crippen MR) is 188 cm³/mol. The fraction of sp³-hybridized carbons (Fsp3) is 0.268. The minimum Gasteiger partial charge on any atom is -0.507 e. The van der Waals surface area contributed by atoms with Crippen molar-refractivity contribution in [2.24, 2.45) is 23.7 Å². The van der Waals surface area contributed by atoms with Crippen LogP contribution in [0.2, 0.25) is 0 Å². The first-order chi connectivity index (χ1) is 24.3. The highest BCUT2D eigenvalue weighted by Crippen LogP contribution is 2.65. The predicted octanol–water partition coefficient (Wildman–Crippen LogP) is 6.50. The molecule has 9 heteroatoms. The zero-order chi connectivity index (χ0) is 34.7. The highest BCUT2D eigenvalue weighted by atomic mass is 32.1. The number of methoxy groups -OCH3 is 2. The number of likely N-dealkylation sites (tertiary alicyclic amines) is 1. The third kappa shape index (κ3) is 4.63. The monoisotopic (exact) mass is 685 g/mol. The van der Waals surface area contributed by atoms with Gasteiger partial charge in [-0.2, -0.15) is 0 Å². The van der Waals surface area contributed by atoms with Crippen molar-refractivity contribution in [3.63, 3.8) is 0 Å². The molecule has 252 valence electrons. The Morgan fingerprint density at radius 2 is 1.62 bits per heavy atom. The number of imide groups is 1. The number of fused-ring (bicyclic) bond motifs is 4. The van der Waals surface area contributed by atoms with Gasteiger partial charge in [-0.15, -0.1) is 11.3 Å². The molecule has 4 aromatic rings. The van der Waals surface area contributed by atoms with Crippen molar-refractivity contribution in [3.8, 4) is 17.2 Å². The number of amides is 2. The SMILES string of the molecule is COc1cc(O)c(C2C3=CCC4C(=O)N(Cc5cccs5)C(=O)C4C3CC3C(=O)C(c4ccccc4)=CC(=O)C32c2ccccc2)c(OC)c1. The zero-order valence-electron chi connectivity index (χ0n) is 27.6. The Morgan fingerprint density at radius 1 is 0.880 bits per heavy atom. The van der Waals surface area contributed by atoms with Crippen LogP contribution in [0.15, 0.2) is 108 Å².